The second-order valence-electron chi connectivity index (χ2n) is 6.71. The molecule has 28 heavy (non-hydrogen) atoms. The van der Waals surface area contributed by atoms with Crippen LogP contribution in [0.3, 0.4) is 0 Å². The lowest BCUT2D eigenvalue weighted by atomic mass is 10.1. The molecule has 0 bridgehead atoms. The van der Waals surface area contributed by atoms with E-state index in [-0.39, 0.29) is 24.3 Å². The fourth-order valence-electron chi connectivity index (χ4n) is 3.05. The number of ether oxygens (including phenoxy) is 3. The van der Waals surface area contributed by atoms with E-state index >= 15 is 0 Å². The van der Waals surface area contributed by atoms with Crippen LogP contribution in [0.4, 0.5) is 0 Å². The van der Waals surface area contributed by atoms with Crippen LogP contribution in [-0.4, -0.2) is 29.4 Å². The minimum Gasteiger partial charge on any atom is -0.482 e. The molecular formula is C22H19NO5. The Bertz CT molecular complexity index is 1090. The molecule has 0 spiro atoms. The quantitative estimate of drug-likeness (QED) is 0.535. The molecule has 0 fully saturated rings. The van der Waals surface area contributed by atoms with E-state index in [1.807, 2.05) is 30.5 Å². The third-order valence-electron chi connectivity index (χ3n) is 4.27. The van der Waals surface area contributed by atoms with E-state index in [2.05, 4.69) is 4.98 Å². The third kappa shape index (κ3) is 3.49. The fourth-order valence-corrected chi connectivity index (χ4v) is 3.05. The summed E-state index contributed by atoms with van der Waals surface area (Å²) in [7, 11) is 0. The molecule has 0 aliphatic carbocycles. The molecule has 6 heteroatoms. The summed E-state index contributed by atoms with van der Waals surface area (Å²) in [6.45, 7) is 3.34. The van der Waals surface area contributed by atoms with Crippen LogP contribution >= 0.6 is 0 Å². The van der Waals surface area contributed by atoms with E-state index < -0.39 is 5.97 Å². The monoisotopic (exact) mass is 377 g/mol. The molecule has 1 aliphatic rings. The summed E-state index contributed by atoms with van der Waals surface area (Å²) in [5.41, 5.74) is 2.32. The number of ketones is 1. The van der Waals surface area contributed by atoms with Gasteiger partial charge in [0.05, 0.1) is 11.7 Å². The van der Waals surface area contributed by atoms with Crippen LogP contribution in [0.25, 0.3) is 17.0 Å². The van der Waals surface area contributed by atoms with Gasteiger partial charge in [0.15, 0.2) is 12.4 Å². The summed E-state index contributed by atoms with van der Waals surface area (Å²) in [5, 5.41) is 1.01. The highest BCUT2D eigenvalue weighted by molar-refractivity contribution is 6.15. The van der Waals surface area contributed by atoms with Gasteiger partial charge >= 0.3 is 5.97 Å². The van der Waals surface area contributed by atoms with Gasteiger partial charge in [-0.1, -0.05) is 18.2 Å². The molecule has 6 nitrogen and oxygen atoms in total. The highest BCUT2D eigenvalue weighted by Gasteiger charge is 2.28. The highest BCUT2D eigenvalue weighted by atomic mass is 16.6. The normalized spacial score (nSPS) is 14.4. The topological polar surface area (TPSA) is 77.6 Å². The molecule has 0 unspecified atom stereocenters. The van der Waals surface area contributed by atoms with E-state index in [0.717, 1.165) is 16.5 Å². The maximum absolute atomic E-state index is 12.6. The van der Waals surface area contributed by atoms with Crippen molar-refractivity contribution in [1.82, 2.24) is 4.98 Å². The van der Waals surface area contributed by atoms with Gasteiger partial charge in [0.2, 0.25) is 5.78 Å². The van der Waals surface area contributed by atoms with E-state index in [9.17, 15) is 9.59 Å². The molecule has 1 N–H and O–H groups in total. The second-order valence-corrected chi connectivity index (χ2v) is 6.71. The Morgan fingerprint density at radius 3 is 2.86 bits per heavy atom. The van der Waals surface area contributed by atoms with Gasteiger partial charge in [-0.05, 0) is 38.1 Å². The number of carbonyl (C=O) groups is 2. The van der Waals surface area contributed by atoms with Crippen molar-refractivity contribution in [2.45, 2.75) is 20.0 Å². The first kappa shape index (κ1) is 17.9. The Morgan fingerprint density at radius 1 is 1.21 bits per heavy atom. The van der Waals surface area contributed by atoms with Gasteiger partial charge in [-0.2, -0.15) is 0 Å². The van der Waals surface area contributed by atoms with Crippen LogP contribution in [0.5, 0.6) is 11.5 Å². The average Bonchev–Trinajstić information content (AvgIpc) is 3.21. The van der Waals surface area contributed by atoms with Gasteiger partial charge in [-0.25, -0.2) is 4.79 Å². The van der Waals surface area contributed by atoms with Crippen LogP contribution < -0.4 is 9.47 Å². The van der Waals surface area contributed by atoms with Crippen LogP contribution in [-0.2, 0) is 9.53 Å². The van der Waals surface area contributed by atoms with E-state index in [0.29, 0.717) is 17.1 Å². The number of carbonyl (C=O) groups excluding carboxylic acids is 2. The number of H-pyrrole nitrogens is 1. The van der Waals surface area contributed by atoms with Crippen molar-refractivity contribution in [2.24, 2.45) is 0 Å². The van der Waals surface area contributed by atoms with Gasteiger partial charge in [0.25, 0.3) is 0 Å². The van der Waals surface area contributed by atoms with Crippen molar-refractivity contribution < 1.29 is 23.8 Å². The van der Waals surface area contributed by atoms with Gasteiger partial charge in [0.1, 0.15) is 11.5 Å². The molecule has 2 aromatic carbocycles. The molecule has 142 valence electrons. The van der Waals surface area contributed by atoms with Crippen molar-refractivity contribution in [2.75, 3.05) is 6.61 Å². The molecule has 1 aromatic heterocycles. The smallest absolute Gasteiger partial charge is 0.344 e. The Kier molecular flexibility index (Phi) is 4.61. The summed E-state index contributed by atoms with van der Waals surface area (Å²) in [6, 6.07) is 12.7. The van der Waals surface area contributed by atoms with Crippen LogP contribution in [0.15, 0.2) is 54.4 Å². The molecule has 0 atom stereocenters. The third-order valence-corrected chi connectivity index (χ3v) is 4.27. The van der Waals surface area contributed by atoms with Crippen LogP contribution in [0, 0.1) is 0 Å². The minimum atomic E-state index is -0.451. The maximum Gasteiger partial charge on any atom is 0.344 e. The molecule has 0 saturated carbocycles. The number of Topliss-reactive ketones (excluding diaryl/α,β-unsaturated/α-hetero) is 1. The lowest BCUT2D eigenvalue weighted by Gasteiger charge is -2.09. The minimum absolute atomic E-state index is 0.189. The number of hydrogen-bond acceptors (Lipinski definition) is 5. The fraction of sp³-hybridized carbons (Fsp3) is 0.182. The summed E-state index contributed by atoms with van der Waals surface area (Å²) in [5.74, 6) is 0.445. The molecule has 0 amide bonds. The predicted octanol–water partition coefficient (Wildman–Crippen LogP) is 4.11. The Morgan fingerprint density at radius 2 is 2.04 bits per heavy atom. The largest absolute Gasteiger partial charge is 0.482 e. The standard InChI is InChI=1S/C22H19NO5/c1-13(2)27-21(24)12-26-15-7-8-17-19(10-15)28-20(22(17)25)9-14-11-23-18-6-4-3-5-16(14)18/h3-11,13,23H,12H2,1-2H3. The molecule has 4 rings (SSSR count). The van der Waals surface area contributed by atoms with Gasteiger partial charge in [-0.15, -0.1) is 0 Å². The van der Waals surface area contributed by atoms with Crippen molar-refractivity contribution >= 4 is 28.7 Å². The zero-order valence-corrected chi connectivity index (χ0v) is 15.5. The Hall–Kier alpha value is -3.54. The Labute approximate surface area is 161 Å². The van der Waals surface area contributed by atoms with Crippen molar-refractivity contribution in [1.29, 1.82) is 0 Å². The predicted molar refractivity (Wildman–Crippen MR) is 104 cm³/mol. The average molecular weight is 377 g/mol. The van der Waals surface area contributed by atoms with Crippen LogP contribution in [0.1, 0.15) is 29.8 Å². The number of esters is 1. The van der Waals surface area contributed by atoms with Crippen molar-refractivity contribution in [3.8, 4) is 11.5 Å². The van der Waals surface area contributed by atoms with Crippen LogP contribution in [0.2, 0.25) is 0 Å². The lowest BCUT2D eigenvalue weighted by molar-refractivity contribution is -0.149. The summed E-state index contributed by atoms with van der Waals surface area (Å²) >= 11 is 0. The first-order valence-electron chi connectivity index (χ1n) is 8.98. The summed E-state index contributed by atoms with van der Waals surface area (Å²) in [4.78, 5) is 27.4. The molecular weight excluding hydrogens is 358 g/mol. The Balaban J connectivity index is 1.53. The summed E-state index contributed by atoms with van der Waals surface area (Å²) in [6.07, 6.45) is 3.36. The lowest BCUT2D eigenvalue weighted by Crippen LogP contribution is -2.18. The van der Waals surface area contributed by atoms with Crippen molar-refractivity contribution in [3.05, 3.63) is 65.5 Å². The molecule has 2 heterocycles. The number of nitrogens with one attached hydrogen (secondary N) is 1. The SMILES string of the molecule is CC(C)OC(=O)COc1ccc2c(c1)OC(=Cc1c[nH]c3ccccc13)C2=O. The zero-order valence-electron chi connectivity index (χ0n) is 15.5. The van der Waals surface area contributed by atoms with Gasteiger partial charge in [0, 0.05) is 28.7 Å². The van der Waals surface area contributed by atoms with E-state index in [1.165, 1.54) is 0 Å². The zero-order chi connectivity index (χ0) is 19.7. The summed E-state index contributed by atoms with van der Waals surface area (Å²) < 4.78 is 16.2. The molecule has 0 saturated heterocycles. The first-order chi connectivity index (χ1) is 13.5. The van der Waals surface area contributed by atoms with E-state index in [4.69, 9.17) is 14.2 Å². The highest BCUT2D eigenvalue weighted by Crippen LogP contribution is 2.35. The second kappa shape index (κ2) is 7.23. The molecule has 0 radical (unpaired) electrons. The number of rotatable bonds is 5. The van der Waals surface area contributed by atoms with E-state index in [1.54, 1.807) is 38.1 Å². The number of allylic oxidation sites excluding steroid dienone is 1. The number of fused-ring (bicyclic) bond motifs is 2. The number of aromatic amines is 1. The maximum atomic E-state index is 12.6. The molecule has 1 aliphatic heterocycles. The molecule has 3 aromatic rings. The number of benzene rings is 2. The van der Waals surface area contributed by atoms with Crippen molar-refractivity contribution in [3.63, 3.8) is 0 Å². The van der Waals surface area contributed by atoms with Gasteiger partial charge in [-0.3, -0.25) is 4.79 Å². The first-order valence-corrected chi connectivity index (χ1v) is 8.98. The number of aromatic nitrogens is 1. The number of hydrogen-bond donors (Lipinski definition) is 1. The number of para-hydroxylation sites is 1. The van der Waals surface area contributed by atoms with Gasteiger partial charge < -0.3 is 19.2 Å².